The maximum atomic E-state index is 12.4. The Bertz CT molecular complexity index is 569. The van der Waals surface area contributed by atoms with Gasteiger partial charge in [-0.2, -0.15) is 0 Å². The molecule has 0 aliphatic heterocycles. The molecule has 4 heteroatoms. The lowest BCUT2D eigenvalue weighted by Crippen LogP contribution is -2.45. The Kier molecular flexibility index (Phi) is 37.3. The average Bonchev–Trinajstić information content (AvgIpc) is 3.04. The number of nitrogens with one attached hydrogen (secondary N) is 1. The molecule has 0 aromatic heterocycles. The zero-order valence-electron chi connectivity index (χ0n) is 30.9. The molecule has 3 N–H and O–H groups in total. The number of amides is 1. The molecular formula is C41H83NO3. The van der Waals surface area contributed by atoms with Gasteiger partial charge >= 0.3 is 0 Å². The average molecular weight is 638 g/mol. The number of carbonyl (C=O) groups is 1. The van der Waals surface area contributed by atoms with E-state index in [0.717, 1.165) is 25.7 Å². The van der Waals surface area contributed by atoms with Gasteiger partial charge in [0.05, 0.1) is 18.8 Å². The van der Waals surface area contributed by atoms with Crippen LogP contribution in [0, 0.1) is 0 Å². The molecule has 0 aromatic carbocycles. The van der Waals surface area contributed by atoms with Crippen LogP contribution in [0.15, 0.2) is 0 Å². The molecule has 270 valence electrons. The fourth-order valence-electron chi connectivity index (χ4n) is 6.66. The van der Waals surface area contributed by atoms with Crippen molar-refractivity contribution < 1.29 is 15.0 Å². The lowest BCUT2D eigenvalue weighted by Gasteiger charge is -2.22. The SMILES string of the molecule is CCCCCCCCCCCCCCCCCCCCCC(=O)NC(CO)[C@H](O)CCCCCCCCCCCCCCCC. The summed E-state index contributed by atoms with van der Waals surface area (Å²) in [4.78, 5) is 12.4. The van der Waals surface area contributed by atoms with Crippen LogP contribution in [-0.2, 0) is 4.79 Å². The molecule has 2 atom stereocenters. The zero-order chi connectivity index (χ0) is 32.9. The van der Waals surface area contributed by atoms with E-state index in [1.807, 2.05) is 0 Å². The second kappa shape index (κ2) is 37.8. The molecule has 0 heterocycles. The molecule has 0 spiro atoms. The summed E-state index contributed by atoms with van der Waals surface area (Å²) < 4.78 is 0. The summed E-state index contributed by atoms with van der Waals surface area (Å²) in [7, 11) is 0. The molecule has 1 amide bonds. The second-order valence-corrected chi connectivity index (χ2v) is 14.4. The predicted octanol–water partition coefficient (Wildman–Crippen LogP) is 12.5. The number of aliphatic hydroxyl groups excluding tert-OH is 2. The molecular weight excluding hydrogens is 554 g/mol. The fourth-order valence-corrected chi connectivity index (χ4v) is 6.66. The summed E-state index contributed by atoms with van der Waals surface area (Å²) in [6.45, 7) is 4.37. The Labute approximate surface area is 283 Å². The van der Waals surface area contributed by atoms with Crippen LogP contribution in [0.5, 0.6) is 0 Å². The summed E-state index contributed by atoms with van der Waals surface area (Å²) in [6.07, 6.45) is 44.5. The van der Waals surface area contributed by atoms with Crippen molar-refractivity contribution in [3.8, 4) is 0 Å². The van der Waals surface area contributed by atoms with Crippen LogP contribution >= 0.6 is 0 Å². The Balaban J connectivity index is 3.47. The third kappa shape index (κ3) is 34.5. The molecule has 0 aromatic rings. The normalized spacial score (nSPS) is 12.9. The second-order valence-electron chi connectivity index (χ2n) is 14.4. The predicted molar refractivity (Wildman–Crippen MR) is 198 cm³/mol. The van der Waals surface area contributed by atoms with Crippen LogP contribution < -0.4 is 5.32 Å². The highest BCUT2D eigenvalue weighted by atomic mass is 16.3. The van der Waals surface area contributed by atoms with Crippen LogP contribution in [0.2, 0.25) is 0 Å². The molecule has 0 rings (SSSR count). The van der Waals surface area contributed by atoms with Crippen LogP contribution in [0.25, 0.3) is 0 Å². The molecule has 0 bridgehead atoms. The molecule has 0 saturated carbocycles. The van der Waals surface area contributed by atoms with E-state index in [4.69, 9.17) is 0 Å². The minimum atomic E-state index is -0.651. The molecule has 0 aliphatic carbocycles. The number of aliphatic hydroxyl groups is 2. The van der Waals surface area contributed by atoms with E-state index in [1.54, 1.807) is 0 Å². The van der Waals surface area contributed by atoms with E-state index in [0.29, 0.717) is 12.8 Å². The summed E-state index contributed by atoms with van der Waals surface area (Å²) in [5.74, 6) is -0.0268. The van der Waals surface area contributed by atoms with Crippen molar-refractivity contribution >= 4 is 5.91 Å². The first-order valence-electron chi connectivity index (χ1n) is 20.7. The molecule has 1 unspecified atom stereocenters. The lowest BCUT2D eigenvalue weighted by atomic mass is 10.0. The third-order valence-corrected chi connectivity index (χ3v) is 9.87. The molecule has 0 fully saturated rings. The van der Waals surface area contributed by atoms with E-state index in [9.17, 15) is 15.0 Å². The minimum absolute atomic E-state index is 0.0268. The van der Waals surface area contributed by atoms with Crippen molar-refractivity contribution in [3.63, 3.8) is 0 Å². The number of carbonyl (C=O) groups excluding carboxylic acids is 1. The Morgan fingerprint density at radius 1 is 0.444 bits per heavy atom. The Hall–Kier alpha value is -0.610. The number of hydrogen-bond donors (Lipinski definition) is 3. The van der Waals surface area contributed by atoms with Gasteiger partial charge in [0.15, 0.2) is 0 Å². The van der Waals surface area contributed by atoms with Gasteiger partial charge in [0, 0.05) is 6.42 Å². The smallest absolute Gasteiger partial charge is 0.220 e. The number of hydrogen-bond acceptors (Lipinski definition) is 3. The van der Waals surface area contributed by atoms with Gasteiger partial charge < -0.3 is 15.5 Å². The topological polar surface area (TPSA) is 69.6 Å². The van der Waals surface area contributed by atoms with Crippen molar-refractivity contribution in [3.05, 3.63) is 0 Å². The van der Waals surface area contributed by atoms with Gasteiger partial charge in [0.1, 0.15) is 0 Å². The summed E-state index contributed by atoms with van der Waals surface area (Å²) in [5, 5.41) is 23.1. The van der Waals surface area contributed by atoms with Gasteiger partial charge in [-0.15, -0.1) is 0 Å². The van der Waals surface area contributed by atoms with Crippen molar-refractivity contribution in [1.29, 1.82) is 0 Å². The van der Waals surface area contributed by atoms with Crippen LogP contribution in [0.1, 0.15) is 239 Å². The standard InChI is InChI=1S/C41H83NO3/c1-3-5-7-9-11-13-15-17-19-20-21-22-23-25-27-29-31-33-35-37-41(45)42-39(38-43)40(44)36-34-32-30-28-26-24-18-16-14-12-10-8-6-4-2/h39-40,43-44H,3-38H2,1-2H3,(H,42,45)/t39?,40-/m1/s1. The van der Waals surface area contributed by atoms with E-state index in [1.165, 1.54) is 186 Å². The number of rotatable bonds is 38. The summed E-state index contributed by atoms with van der Waals surface area (Å²) >= 11 is 0. The van der Waals surface area contributed by atoms with E-state index in [2.05, 4.69) is 19.2 Å². The highest BCUT2D eigenvalue weighted by Gasteiger charge is 2.20. The van der Waals surface area contributed by atoms with Crippen LogP contribution in [-0.4, -0.2) is 34.9 Å². The Morgan fingerprint density at radius 2 is 0.711 bits per heavy atom. The minimum Gasteiger partial charge on any atom is -0.394 e. The maximum Gasteiger partial charge on any atom is 0.220 e. The van der Waals surface area contributed by atoms with Gasteiger partial charge in [0.2, 0.25) is 5.91 Å². The first-order chi connectivity index (χ1) is 22.2. The zero-order valence-corrected chi connectivity index (χ0v) is 30.9. The maximum absolute atomic E-state index is 12.4. The van der Waals surface area contributed by atoms with E-state index >= 15 is 0 Å². The van der Waals surface area contributed by atoms with Crippen LogP contribution in [0.3, 0.4) is 0 Å². The highest BCUT2D eigenvalue weighted by Crippen LogP contribution is 2.16. The van der Waals surface area contributed by atoms with Gasteiger partial charge in [-0.05, 0) is 12.8 Å². The molecule has 45 heavy (non-hydrogen) atoms. The first-order valence-corrected chi connectivity index (χ1v) is 20.7. The summed E-state index contributed by atoms with van der Waals surface area (Å²) in [6, 6.07) is -0.528. The summed E-state index contributed by atoms with van der Waals surface area (Å²) in [5.41, 5.74) is 0. The number of unbranched alkanes of at least 4 members (excludes halogenated alkanes) is 31. The molecule has 0 saturated heterocycles. The van der Waals surface area contributed by atoms with E-state index in [-0.39, 0.29) is 12.5 Å². The molecule has 0 aliphatic rings. The largest absolute Gasteiger partial charge is 0.394 e. The van der Waals surface area contributed by atoms with Gasteiger partial charge in [-0.1, -0.05) is 219 Å². The van der Waals surface area contributed by atoms with Gasteiger partial charge in [-0.3, -0.25) is 4.79 Å². The monoisotopic (exact) mass is 638 g/mol. The van der Waals surface area contributed by atoms with Gasteiger partial charge in [0.25, 0.3) is 0 Å². The quantitative estimate of drug-likeness (QED) is 0.0590. The van der Waals surface area contributed by atoms with Crippen molar-refractivity contribution in [2.45, 2.75) is 251 Å². The van der Waals surface area contributed by atoms with E-state index < -0.39 is 12.1 Å². The molecule has 0 radical (unpaired) electrons. The highest BCUT2D eigenvalue weighted by molar-refractivity contribution is 5.76. The van der Waals surface area contributed by atoms with Crippen molar-refractivity contribution in [2.75, 3.05) is 6.61 Å². The Morgan fingerprint density at radius 3 is 1.00 bits per heavy atom. The molecule has 4 nitrogen and oxygen atoms in total. The first kappa shape index (κ1) is 44.4. The van der Waals surface area contributed by atoms with Gasteiger partial charge in [-0.25, -0.2) is 0 Å². The van der Waals surface area contributed by atoms with Crippen molar-refractivity contribution in [2.24, 2.45) is 0 Å². The lowest BCUT2D eigenvalue weighted by molar-refractivity contribution is -0.123. The van der Waals surface area contributed by atoms with Crippen molar-refractivity contribution in [1.82, 2.24) is 5.32 Å². The third-order valence-electron chi connectivity index (χ3n) is 9.87. The fraction of sp³-hybridized carbons (Fsp3) is 0.976. The van der Waals surface area contributed by atoms with Crippen LogP contribution in [0.4, 0.5) is 0 Å².